The van der Waals surface area contributed by atoms with Crippen LogP contribution in [0.25, 0.3) is 22.4 Å². The number of amides is 1. The smallest absolute Gasteiger partial charge is 0.257 e. The van der Waals surface area contributed by atoms with Gasteiger partial charge in [0, 0.05) is 21.4 Å². The van der Waals surface area contributed by atoms with Gasteiger partial charge in [0.15, 0.2) is 10.9 Å². The van der Waals surface area contributed by atoms with Crippen LogP contribution in [0.1, 0.15) is 10.4 Å². The van der Waals surface area contributed by atoms with Crippen LogP contribution in [-0.4, -0.2) is 18.0 Å². The van der Waals surface area contributed by atoms with Crippen molar-refractivity contribution < 1.29 is 13.9 Å². The Kier molecular flexibility index (Phi) is 4.36. The molecule has 2 aromatic carbocycles. The van der Waals surface area contributed by atoms with E-state index in [1.165, 1.54) is 11.3 Å². The molecule has 4 aromatic rings. The van der Waals surface area contributed by atoms with Crippen molar-refractivity contribution in [2.24, 2.45) is 0 Å². The molecular formula is C19H13ClN2O3S. The minimum Gasteiger partial charge on any atom is -0.497 e. The number of fused-ring (bicyclic) bond motifs is 1. The first-order chi connectivity index (χ1) is 12.6. The molecule has 5 nitrogen and oxygen atoms in total. The SMILES string of the molecule is COc1ccc2oc(-c3csc(NC(=O)c4cccc(Cl)c4)n3)cc2c1. The van der Waals surface area contributed by atoms with E-state index in [0.717, 1.165) is 16.7 Å². The molecular weight excluding hydrogens is 372 g/mol. The van der Waals surface area contributed by atoms with Gasteiger partial charge in [-0.25, -0.2) is 4.98 Å². The van der Waals surface area contributed by atoms with Crippen LogP contribution >= 0.6 is 22.9 Å². The molecule has 0 unspecified atom stereocenters. The molecule has 0 saturated heterocycles. The molecule has 2 heterocycles. The Balaban J connectivity index is 1.57. The second-order valence-electron chi connectivity index (χ2n) is 5.52. The number of ether oxygens (including phenoxy) is 1. The van der Waals surface area contributed by atoms with Crippen molar-refractivity contribution in [3.8, 4) is 17.2 Å². The van der Waals surface area contributed by atoms with Gasteiger partial charge in [0.25, 0.3) is 5.91 Å². The summed E-state index contributed by atoms with van der Waals surface area (Å²) in [6, 6.07) is 14.2. The van der Waals surface area contributed by atoms with Gasteiger partial charge in [-0.3, -0.25) is 10.1 Å². The number of thiazole rings is 1. The van der Waals surface area contributed by atoms with Crippen LogP contribution < -0.4 is 10.1 Å². The van der Waals surface area contributed by atoms with Gasteiger partial charge in [0.2, 0.25) is 0 Å². The normalized spacial score (nSPS) is 10.8. The lowest BCUT2D eigenvalue weighted by Crippen LogP contribution is -2.11. The summed E-state index contributed by atoms with van der Waals surface area (Å²) in [7, 11) is 1.62. The molecule has 0 spiro atoms. The van der Waals surface area contributed by atoms with E-state index in [-0.39, 0.29) is 5.91 Å². The summed E-state index contributed by atoms with van der Waals surface area (Å²) in [5, 5.41) is 6.54. The van der Waals surface area contributed by atoms with Crippen molar-refractivity contribution in [1.82, 2.24) is 4.98 Å². The summed E-state index contributed by atoms with van der Waals surface area (Å²) in [6.45, 7) is 0. The van der Waals surface area contributed by atoms with Crippen molar-refractivity contribution in [3.63, 3.8) is 0 Å². The maximum absolute atomic E-state index is 12.3. The molecule has 7 heteroatoms. The van der Waals surface area contributed by atoms with E-state index in [0.29, 0.717) is 27.2 Å². The number of furan rings is 1. The number of halogens is 1. The van der Waals surface area contributed by atoms with Gasteiger partial charge >= 0.3 is 0 Å². The van der Waals surface area contributed by atoms with Crippen LogP contribution in [-0.2, 0) is 0 Å². The number of benzene rings is 2. The number of nitrogens with one attached hydrogen (secondary N) is 1. The Morgan fingerprint density at radius 2 is 2.12 bits per heavy atom. The third-order valence-electron chi connectivity index (χ3n) is 3.79. The Labute approximate surface area is 158 Å². The predicted molar refractivity (Wildman–Crippen MR) is 103 cm³/mol. The molecule has 0 fully saturated rings. The molecule has 0 atom stereocenters. The fourth-order valence-corrected chi connectivity index (χ4v) is 3.40. The number of hydrogen-bond donors (Lipinski definition) is 1. The van der Waals surface area contributed by atoms with Crippen molar-refractivity contribution in [3.05, 3.63) is 64.5 Å². The highest BCUT2D eigenvalue weighted by Gasteiger charge is 2.13. The molecule has 0 aliphatic rings. The summed E-state index contributed by atoms with van der Waals surface area (Å²) >= 11 is 7.25. The molecule has 0 aliphatic heterocycles. The Hall–Kier alpha value is -2.83. The Morgan fingerprint density at radius 1 is 1.23 bits per heavy atom. The molecule has 0 radical (unpaired) electrons. The second kappa shape index (κ2) is 6.82. The van der Waals surface area contributed by atoms with E-state index in [1.54, 1.807) is 31.4 Å². The third kappa shape index (κ3) is 3.29. The number of rotatable bonds is 4. The lowest BCUT2D eigenvalue weighted by Gasteiger charge is -2.01. The highest BCUT2D eigenvalue weighted by molar-refractivity contribution is 7.14. The molecule has 26 heavy (non-hydrogen) atoms. The standard InChI is InChI=1S/C19H13ClN2O3S/c1-24-14-5-6-16-12(8-14)9-17(25-16)15-10-26-19(21-15)22-18(23)11-3-2-4-13(20)7-11/h2-10H,1H3,(H,21,22,23). The van der Waals surface area contributed by atoms with Crippen molar-refractivity contribution in [2.75, 3.05) is 12.4 Å². The van der Waals surface area contributed by atoms with Crippen molar-refractivity contribution >= 4 is 44.9 Å². The van der Waals surface area contributed by atoms with Crippen molar-refractivity contribution in [1.29, 1.82) is 0 Å². The number of anilines is 1. The fourth-order valence-electron chi connectivity index (χ4n) is 2.52. The fraction of sp³-hybridized carbons (Fsp3) is 0.0526. The maximum atomic E-state index is 12.3. The summed E-state index contributed by atoms with van der Waals surface area (Å²) in [5.74, 6) is 1.13. The zero-order valence-electron chi connectivity index (χ0n) is 13.7. The predicted octanol–water partition coefficient (Wildman–Crippen LogP) is 5.47. The van der Waals surface area contributed by atoms with Crippen LogP contribution in [0.15, 0.2) is 58.3 Å². The summed E-state index contributed by atoms with van der Waals surface area (Å²) in [4.78, 5) is 16.7. The molecule has 0 saturated carbocycles. The van der Waals surface area contributed by atoms with Gasteiger partial charge < -0.3 is 9.15 Å². The molecule has 130 valence electrons. The first-order valence-corrected chi connectivity index (χ1v) is 8.98. The number of aromatic nitrogens is 1. The number of carbonyl (C=O) groups excluding carboxylic acids is 1. The monoisotopic (exact) mass is 384 g/mol. The van der Waals surface area contributed by atoms with Gasteiger partial charge in [-0.1, -0.05) is 17.7 Å². The highest BCUT2D eigenvalue weighted by atomic mass is 35.5. The Morgan fingerprint density at radius 3 is 2.92 bits per heavy atom. The number of hydrogen-bond acceptors (Lipinski definition) is 5. The number of carbonyl (C=O) groups is 1. The van der Waals surface area contributed by atoms with E-state index < -0.39 is 0 Å². The van der Waals surface area contributed by atoms with Gasteiger partial charge in [-0.15, -0.1) is 11.3 Å². The molecule has 0 bridgehead atoms. The van der Waals surface area contributed by atoms with Crippen LogP contribution in [0.2, 0.25) is 5.02 Å². The molecule has 4 rings (SSSR count). The Bertz CT molecular complexity index is 1100. The zero-order chi connectivity index (χ0) is 18.1. The van der Waals surface area contributed by atoms with E-state index in [9.17, 15) is 4.79 Å². The lowest BCUT2D eigenvalue weighted by atomic mass is 10.2. The summed E-state index contributed by atoms with van der Waals surface area (Å²) < 4.78 is 11.1. The van der Waals surface area contributed by atoms with Gasteiger partial charge in [0.05, 0.1) is 7.11 Å². The van der Waals surface area contributed by atoms with Crippen LogP contribution in [0.4, 0.5) is 5.13 Å². The largest absolute Gasteiger partial charge is 0.497 e. The molecule has 1 amide bonds. The summed E-state index contributed by atoms with van der Waals surface area (Å²) in [6.07, 6.45) is 0. The van der Waals surface area contributed by atoms with Gasteiger partial charge in [-0.05, 0) is 42.5 Å². The van der Waals surface area contributed by atoms with Crippen LogP contribution in [0, 0.1) is 0 Å². The first kappa shape index (κ1) is 16.6. The van der Waals surface area contributed by atoms with Crippen LogP contribution in [0.3, 0.4) is 0 Å². The minimum atomic E-state index is -0.261. The molecule has 0 aliphatic carbocycles. The lowest BCUT2D eigenvalue weighted by molar-refractivity contribution is 0.102. The average molecular weight is 385 g/mol. The topological polar surface area (TPSA) is 64.4 Å². The van der Waals surface area contributed by atoms with Crippen LogP contribution in [0.5, 0.6) is 5.75 Å². The number of methoxy groups -OCH3 is 1. The van der Waals surface area contributed by atoms with E-state index >= 15 is 0 Å². The van der Waals surface area contributed by atoms with E-state index in [2.05, 4.69) is 10.3 Å². The minimum absolute atomic E-state index is 0.261. The second-order valence-corrected chi connectivity index (χ2v) is 6.81. The third-order valence-corrected chi connectivity index (χ3v) is 4.78. The average Bonchev–Trinajstić information content (AvgIpc) is 3.27. The molecule has 1 N–H and O–H groups in total. The zero-order valence-corrected chi connectivity index (χ0v) is 15.2. The van der Waals surface area contributed by atoms with Gasteiger partial charge in [0.1, 0.15) is 17.0 Å². The molecule has 2 aromatic heterocycles. The summed E-state index contributed by atoms with van der Waals surface area (Å²) in [5.41, 5.74) is 1.88. The number of nitrogens with zero attached hydrogens (tertiary/aromatic N) is 1. The van der Waals surface area contributed by atoms with E-state index in [4.69, 9.17) is 20.8 Å². The van der Waals surface area contributed by atoms with Gasteiger partial charge in [-0.2, -0.15) is 0 Å². The first-order valence-electron chi connectivity index (χ1n) is 7.73. The quantitative estimate of drug-likeness (QED) is 0.506. The van der Waals surface area contributed by atoms with Crippen molar-refractivity contribution in [2.45, 2.75) is 0 Å². The van der Waals surface area contributed by atoms with E-state index in [1.807, 2.05) is 29.6 Å². The maximum Gasteiger partial charge on any atom is 0.257 e. The highest BCUT2D eigenvalue weighted by Crippen LogP contribution is 2.32.